The molecule has 5 heteroatoms. The van der Waals surface area contributed by atoms with Gasteiger partial charge in [0.25, 0.3) is 0 Å². The average molecular weight is 610 g/mol. The number of nitrogens with zero attached hydrogens (tertiary/aromatic N) is 2. The zero-order chi connectivity index (χ0) is 30.3. The van der Waals surface area contributed by atoms with Crippen LogP contribution in [-0.4, -0.2) is 24.5 Å². The largest absolute Gasteiger partial charge is 2.00 e. The molecule has 41 heavy (non-hydrogen) atoms. The van der Waals surface area contributed by atoms with E-state index in [1.165, 1.54) is 0 Å². The molecular formula is C36H52N2O2Zn. The van der Waals surface area contributed by atoms with E-state index in [0.717, 1.165) is 47.9 Å². The van der Waals surface area contributed by atoms with E-state index in [4.69, 9.17) is 9.98 Å². The second-order valence-electron chi connectivity index (χ2n) is 15.9. The second-order valence-corrected chi connectivity index (χ2v) is 15.9. The molecule has 0 aliphatic heterocycles. The van der Waals surface area contributed by atoms with E-state index in [2.05, 4.69) is 95.2 Å². The Morgan fingerprint density at radius 2 is 0.878 bits per heavy atom. The second kappa shape index (κ2) is 12.7. The van der Waals surface area contributed by atoms with Gasteiger partial charge in [-0.15, -0.1) is 0 Å². The number of hydrogen-bond donors (Lipinski definition) is 0. The molecule has 3 rings (SSSR count). The maximum atomic E-state index is 13.5. The molecule has 0 saturated heterocycles. The van der Waals surface area contributed by atoms with Crippen LogP contribution < -0.4 is 10.2 Å². The Morgan fingerprint density at radius 1 is 0.561 bits per heavy atom. The zero-order valence-corrected chi connectivity index (χ0v) is 30.8. The molecule has 1 aliphatic carbocycles. The molecule has 0 radical (unpaired) electrons. The normalized spacial score (nSPS) is 19.1. The molecule has 2 atom stereocenters. The summed E-state index contributed by atoms with van der Waals surface area (Å²) in [6, 6.07) is 8.15. The van der Waals surface area contributed by atoms with Gasteiger partial charge in [0, 0.05) is 12.4 Å². The van der Waals surface area contributed by atoms with E-state index >= 15 is 0 Å². The van der Waals surface area contributed by atoms with Gasteiger partial charge in [0.1, 0.15) is 0 Å². The SMILES string of the molecule is CC(C)(C)c1cc(C=N[C@H]2CCCC[C@@H]2N=Cc2cc(C(C)(C)C)cc(C(C)(C)C)c2[O-])c([O-])c(C(C)(C)C)c1.[Zn+2]. The van der Waals surface area contributed by atoms with Crippen molar-refractivity contribution in [2.75, 3.05) is 0 Å². The molecule has 0 N–H and O–H groups in total. The average Bonchev–Trinajstić information content (AvgIpc) is 2.80. The van der Waals surface area contributed by atoms with Crippen molar-refractivity contribution >= 4 is 12.4 Å². The van der Waals surface area contributed by atoms with Gasteiger partial charge in [-0.25, -0.2) is 0 Å². The third kappa shape index (κ3) is 8.76. The summed E-state index contributed by atoms with van der Waals surface area (Å²) in [5.74, 6) is 0.120. The fourth-order valence-electron chi connectivity index (χ4n) is 5.27. The van der Waals surface area contributed by atoms with Crippen LogP contribution in [0.1, 0.15) is 142 Å². The van der Waals surface area contributed by atoms with Crippen LogP contribution in [-0.2, 0) is 41.1 Å². The Hall–Kier alpha value is -2.00. The standard InChI is InChI=1S/C36H54N2O2.Zn/c1-33(2,3)25-17-23(31(39)27(19-25)35(7,8)9)21-37-29-15-13-14-16-30(29)38-22-24-18-26(34(4,5)6)20-28(32(24)40)36(10,11)12;/h17-22,29-30,39-40H,13-16H2,1-12H3;/q;+2/p-2/t29-,30-;/m0./s1. The topological polar surface area (TPSA) is 70.8 Å². The van der Waals surface area contributed by atoms with Gasteiger partial charge in [-0.1, -0.05) is 132 Å². The van der Waals surface area contributed by atoms with Gasteiger partial charge in [0.05, 0.1) is 12.1 Å². The molecule has 2 aromatic carbocycles. The molecule has 1 saturated carbocycles. The summed E-state index contributed by atoms with van der Waals surface area (Å²) in [7, 11) is 0. The number of hydrogen-bond acceptors (Lipinski definition) is 4. The first-order valence-electron chi connectivity index (χ1n) is 15.0. The van der Waals surface area contributed by atoms with Gasteiger partial charge in [0.2, 0.25) is 0 Å². The minimum atomic E-state index is -0.248. The fraction of sp³-hybridized carbons (Fsp3) is 0.611. The van der Waals surface area contributed by atoms with Crippen molar-refractivity contribution in [3.63, 3.8) is 0 Å². The van der Waals surface area contributed by atoms with Crippen LogP contribution in [0, 0.1) is 0 Å². The summed E-state index contributed by atoms with van der Waals surface area (Å²) in [4.78, 5) is 9.95. The van der Waals surface area contributed by atoms with Crippen molar-refractivity contribution in [1.82, 2.24) is 0 Å². The molecule has 4 nitrogen and oxygen atoms in total. The van der Waals surface area contributed by atoms with E-state index in [0.29, 0.717) is 11.1 Å². The number of rotatable bonds is 4. The third-order valence-electron chi connectivity index (χ3n) is 8.09. The van der Waals surface area contributed by atoms with E-state index in [1.807, 2.05) is 12.1 Å². The third-order valence-corrected chi connectivity index (χ3v) is 8.09. The molecule has 0 spiro atoms. The maximum Gasteiger partial charge on any atom is 2.00 e. The van der Waals surface area contributed by atoms with Gasteiger partial charge in [0.15, 0.2) is 0 Å². The first-order chi connectivity index (χ1) is 18.2. The molecule has 220 valence electrons. The minimum Gasteiger partial charge on any atom is -0.872 e. The predicted octanol–water partition coefficient (Wildman–Crippen LogP) is 7.87. The molecule has 2 aromatic rings. The monoisotopic (exact) mass is 608 g/mol. The summed E-state index contributed by atoms with van der Waals surface area (Å²) in [5.41, 5.74) is 4.62. The van der Waals surface area contributed by atoms with Crippen LogP contribution in [0.3, 0.4) is 0 Å². The Bertz CT molecular complexity index is 1170. The van der Waals surface area contributed by atoms with Gasteiger partial charge in [-0.05, 0) is 67.9 Å². The molecular weight excluding hydrogens is 558 g/mol. The van der Waals surface area contributed by atoms with Crippen LogP contribution >= 0.6 is 0 Å². The Morgan fingerprint density at radius 3 is 1.15 bits per heavy atom. The Kier molecular flexibility index (Phi) is 10.9. The number of benzene rings is 2. The Labute approximate surface area is 263 Å². The maximum absolute atomic E-state index is 13.5. The fourth-order valence-corrected chi connectivity index (χ4v) is 5.27. The predicted molar refractivity (Wildman–Crippen MR) is 168 cm³/mol. The smallest absolute Gasteiger partial charge is 0.872 e. The van der Waals surface area contributed by atoms with Crippen molar-refractivity contribution in [2.45, 2.75) is 143 Å². The van der Waals surface area contributed by atoms with Gasteiger partial charge in [-0.2, -0.15) is 0 Å². The van der Waals surface area contributed by atoms with E-state index < -0.39 is 0 Å². The van der Waals surface area contributed by atoms with Crippen molar-refractivity contribution in [2.24, 2.45) is 9.98 Å². The zero-order valence-electron chi connectivity index (χ0n) is 27.9. The van der Waals surface area contributed by atoms with E-state index in [9.17, 15) is 10.2 Å². The van der Waals surface area contributed by atoms with Crippen LogP contribution in [0.4, 0.5) is 0 Å². The van der Waals surface area contributed by atoms with Crippen LogP contribution in [0.25, 0.3) is 0 Å². The van der Waals surface area contributed by atoms with Crippen LogP contribution in [0.2, 0.25) is 0 Å². The summed E-state index contributed by atoms with van der Waals surface area (Å²) >= 11 is 0. The quantitative estimate of drug-likeness (QED) is 0.261. The van der Waals surface area contributed by atoms with E-state index in [-0.39, 0.29) is 64.7 Å². The van der Waals surface area contributed by atoms with Crippen molar-refractivity contribution in [1.29, 1.82) is 0 Å². The summed E-state index contributed by atoms with van der Waals surface area (Å²) in [6.45, 7) is 25.6. The molecule has 0 heterocycles. The van der Waals surface area contributed by atoms with Gasteiger partial charge < -0.3 is 10.2 Å². The molecule has 0 bridgehead atoms. The molecule has 0 amide bonds. The first-order valence-corrected chi connectivity index (χ1v) is 15.0. The van der Waals surface area contributed by atoms with Gasteiger partial charge in [-0.3, -0.25) is 9.98 Å². The van der Waals surface area contributed by atoms with Crippen molar-refractivity contribution < 1.29 is 29.7 Å². The summed E-state index contributed by atoms with van der Waals surface area (Å²) in [5, 5.41) is 26.9. The molecule has 1 aliphatic rings. The van der Waals surface area contributed by atoms with Crippen LogP contribution in [0.15, 0.2) is 34.3 Å². The first kappa shape index (κ1) is 35.2. The van der Waals surface area contributed by atoms with Crippen molar-refractivity contribution in [3.8, 4) is 11.5 Å². The van der Waals surface area contributed by atoms with Gasteiger partial charge >= 0.3 is 19.5 Å². The van der Waals surface area contributed by atoms with E-state index in [1.54, 1.807) is 12.4 Å². The van der Waals surface area contributed by atoms with Crippen molar-refractivity contribution in [3.05, 3.63) is 57.6 Å². The molecule has 1 fully saturated rings. The minimum absolute atomic E-state index is 0. The Balaban J connectivity index is 0.00000588. The molecule has 0 aromatic heterocycles. The van der Waals surface area contributed by atoms with Crippen LogP contribution in [0.5, 0.6) is 11.5 Å². The molecule has 0 unspecified atom stereocenters. The summed E-state index contributed by atoms with van der Waals surface area (Å²) < 4.78 is 0. The summed E-state index contributed by atoms with van der Waals surface area (Å²) in [6.07, 6.45) is 7.63. The number of aliphatic imine (C=N–C) groups is 2.